The van der Waals surface area contributed by atoms with Gasteiger partial charge < -0.3 is 11.1 Å². The maximum absolute atomic E-state index is 11.9. The average molecular weight is 256 g/mol. The van der Waals surface area contributed by atoms with Crippen LogP contribution in [-0.2, 0) is 11.2 Å². The van der Waals surface area contributed by atoms with E-state index in [-0.39, 0.29) is 11.9 Å². The van der Waals surface area contributed by atoms with Crippen molar-refractivity contribution in [1.29, 1.82) is 0 Å². The lowest BCUT2D eigenvalue weighted by Crippen LogP contribution is -2.30. The fourth-order valence-corrected chi connectivity index (χ4v) is 2.12. The van der Waals surface area contributed by atoms with Gasteiger partial charge in [0, 0.05) is 12.6 Å². The highest BCUT2D eigenvalue weighted by Crippen LogP contribution is 2.18. The average Bonchev–Trinajstić information content (AvgIpc) is 2.39. The van der Waals surface area contributed by atoms with Gasteiger partial charge in [-0.25, -0.2) is 0 Å². The Hall–Kier alpha value is -1.87. The predicted molar refractivity (Wildman–Crippen MR) is 78.9 cm³/mol. The van der Waals surface area contributed by atoms with Crippen molar-refractivity contribution >= 4 is 16.7 Å². The van der Waals surface area contributed by atoms with E-state index < -0.39 is 0 Å². The number of benzene rings is 2. The Morgan fingerprint density at radius 2 is 1.95 bits per heavy atom. The Kier molecular flexibility index (Phi) is 4.53. The fraction of sp³-hybridized carbons (Fsp3) is 0.312. The minimum absolute atomic E-state index is 0.0528. The molecule has 0 aliphatic heterocycles. The topological polar surface area (TPSA) is 55.1 Å². The fourth-order valence-electron chi connectivity index (χ4n) is 2.12. The van der Waals surface area contributed by atoms with Gasteiger partial charge in [-0.2, -0.15) is 0 Å². The van der Waals surface area contributed by atoms with Crippen molar-refractivity contribution in [3.63, 3.8) is 0 Å². The van der Waals surface area contributed by atoms with Crippen LogP contribution in [0.2, 0.25) is 0 Å². The predicted octanol–water partition coefficient (Wildman–Crippen LogP) is 2.24. The number of nitrogens with one attached hydrogen (secondary N) is 1. The molecule has 1 atom stereocenters. The zero-order valence-corrected chi connectivity index (χ0v) is 11.2. The molecule has 2 rings (SSSR count). The first-order chi connectivity index (χ1) is 9.16. The van der Waals surface area contributed by atoms with Crippen LogP contribution in [0.25, 0.3) is 10.8 Å². The molecule has 0 radical (unpaired) electrons. The third kappa shape index (κ3) is 3.80. The number of carbonyl (C=O) groups excluding carboxylic acids is 1. The van der Waals surface area contributed by atoms with Crippen LogP contribution in [0.15, 0.2) is 42.5 Å². The molecule has 1 unspecified atom stereocenters. The molecule has 0 saturated carbocycles. The molecule has 3 heteroatoms. The minimum atomic E-state index is 0.0528. The van der Waals surface area contributed by atoms with Crippen molar-refractivity contribution in [2.45, 2.75) is 25.8 Å². The lowest BCUT2D eigenvalue weighted by Gasteiger charge is -2.09. The first-order valence-electron chi connectivity index (χ1n) is 6.66. The van der Waals surface area contributed by atoms with Gasteiger partial charge in [-0.05, 0) is 29.7 Å². The Labute approximate surface area is 113 Å². The van der Waals surface area contributed by atoms with E-state index in [9.17, 15) is 4.79 Å². The molecular formula is C16H20N2O. The van der Waals surface area contributed by atoms with Crippen LogP contribution < -0.4 is 11.1 Å². The van der Waals surface area contributed by atoms with Crippen LogP contribution in [0, 0.1) is 0 Å². The van der Waals surface area contributed by atoms with E-state index in [1.807, 2.05) is 31.2 Å². The number of nitrogens with two attached hydrogens (primary N) is 1. The van der Waals surface area contributed by atoms with Crippen molar-refractivity contribution in [3.8, 4) is 0 Å². The Balaban J connectivity index is 2.03. The second-order valence-corrected chi connectivity index (χ2v) is 4.93. The molecule has 19 heavy (non-hydrogen) atoms. The molecule has 2 aromatic carbocycles. The molecule has 2 aromatic rings. The van der Waals surface area contributed by atoms with Gasteiger partial charge in [0.25, 0.3) is 0 Å². The van der Waals surface area contributed by atoms with Gasteiger partial charge in [0.2, 0.25) is 5.91 Å². The van der Waals surface area contributed by atoms with E-state index in [1.165, 1.54) is 5.39 Å². The van der Waals surface area contributed by atoms with E-state index in [4.69, 9.17) is 5.73 Å². The van der Waals surface area contributed by atoms with E-state index in [0.29, 0.717) is 13.0 Å². The summed E-state index contributed by atoms with van der Waals surface area (Å²) in [5.74, 6) is 0.0528. The van der Waals surface area contributed by atoms with Gasteiger partial charge in [-0.1, -0.05) is 42.5 Å². The summed E-state index contributed by atoms with van der Waals surface area (Å²) in [5, 5.41) is 5.22. The van der Waals surface area contributed by atoms with Crippen molar-refractivity contribution in [2.75, 3.05) is 6.54 Å². The smallest absolute Gasteiger partial charge is 0.224 e. The lowest BCUT2D eigenvalue weighted by atomic mass is 10.0. The first-order valence-corrected chi connectivity index (χ1v) is 6.66. The molecule has 0 fully saturated rings. The minimum Gasteiger partial charge on any atom is -0.356 e. The highest BCUT2D eigenvalue weighted by Gasteiger charge is 2.06. The second-order valence-electron chi connectivity index (χ2n) is 4.93. The summed E-state index contributed by atoms with van der Waals surface area (Å²) >= 11 is 0. The van der Waals surface area contributed by atoms with Crippen molar-refractivity contribution in [2.24, 2.45) is 5.73 Å². The van der Waals surface area contributed by atoms with Crippen LogP contribution >= 0.6 is 0 Å². The molecule has 0 aliphatic carbocycles. The zero-order chi connectivity index (χ0) is 13.7. The summed E-state index contributed by atoms with van der Waals surface area (Å²) in [6.07, 6.45) is 1.22. The van der Waals surface area contributed by atoms with Gasteiger partial charge in [0.15, 0.2) is 0 Å². The largest absolute Gasteiger partial charge is 0.356 e. The monoisotopic (exact) mass is 256 g/mol. The molecule has 1 amide bonds. The number of hydrogen-bond acceptors (Lipinski definition) is 2. The standard InChI is InChI=1S/C16H20N2O/c1-12(17)9-10-18-16(19)11-14-7-4-6-13-5-2-3-8-15(13)14/h2-8,12H,9-11,17H2,1H3,(H,18,19). The van der Waals surface area contributed by atoms with Crippen LogP contribution in [0.4, 0.5) is 0 Å². The third-order valence-corrected chi connectivity index (χ3v) is 3.15. The number of carbonyl (C=O) groups is 1. The molecular weight excluding hydrogens is 236 g/mol. The molecule has 0 heterocycles. The van der Waals surface area contributed by atoms with Crippen LogP contribution in [0.5, 0.6) is 0 Å². The molecule has 3 nitrogen and oxygen atoms in total. The lowest BCUT2D eigenvalue weighted by molar-refractivity contribution is -0.120. The molecule has 0 bridgehead atoms. The quantitative estimate of drug-likeness (QED) is 0.862. The molecule has 3 N–H and O–H groups in total. The van der Waals surface area contributed by atoms with Gasteiger partial charge in [0.1, 0.15) is 0 Å². The summed E-state index contributed by atoms with van der Waals surface area (Å²) in [6, 6.07) is 14.3. The zero-order valence-electron chi connectivity index (χ0n) is 11.2. The molecule has 100 valence electrons. The molecule has 0 spiro atoms. The highest BCUT2D eigenvalue weighted by atomic mass is 16.1. The third-order valence-electron chi connectivity index (χ3n) is 3.15. The van der Waals surface area contributed by atoms with Crippen molar-refractivity contribution in [3.05, 3.63) is 48.0 Å². The number of amides is 1. The maximum Gasteiger partial charge on any atom is 0.224 e. The summed E-state index contributed by atoms with van der Waals surface area (Å²) in [7, 11) is 0. The SMILES string of the molecule is CC(N)CCNC(=O)Cc1cccc2ccccc12. The van der Waals surface area contributed by atoms with Crippen LogP contribution in [-0.4, -0.2) is 18.5 Å². The van der Waals surface area contributed by atoms with Crippen LogP contribution in [0.1, 0.15) is 18.9 Å². The Morgan fingerprint density at radius 1 is 1.21 bits per heavy atom. The number of fused-ring (bicyclic) bond motifs is 1. The number of rotatable bonds is 5. The second kappa shape index (κ2) is 6.34. The van der Waals surface area contributed by atoms with E-state index in [0.717, 1.165) is 17.4 Å². The van der Waals surface area contributed by atoms with Gasteiger partial charge in [0.05, 0.1) is 6.42 Å². The summed E-state index contributed by atoms with van der Waals surface area (Å²) in [5.41, 5.74) is 6.72. The Morgan fingerprint density at radius 3 is 2.74 bits per heavy atom. The molecule has 0 aromatic heterocycles. The van der Waals surface area contributed by atoms with Crippen LogP contribution in [0.3, 0.4) is 0 Å². The Bertz CT molecular complexity index is 558. The van der Waals surface area contributed by atoms with Gasteiger partial charge >= 0.3 is 0 Å². The summed E-state index contributed by atoms with van der Waals surface area (Å²) in [6.45, 7) is 2.58. The molecule has 0 saturated heterocycles. The number of hydrogen-bond donors (Lipinski definition) is 2. The summed E-state index contributed by atoms with van der Waals surface area (Å²) in [4.78, 5) is 11.9. The normalized spacial score (nSPS) is 12.3. The van der Waals surface area contributed by atoms with E-state index >= 15 is 0 Å². The highest BCUT2D eigenvalue weighted by molar-refractivity contribution is 5.90. The van der Waals surface area contributed by atoms with Gasteiger partial charge in [-0.15, -0.1) is 0 Å². The van der Waals surface area contributed by atoms with Crippen molar-refractivity contribution < 1.29 is 4.79 Å². The molecule has 0 aliphatic rings. The first kappa shape index (κ1) is 13.6. The summed E-state index contributed by atoms with van der Waals surface area (Å²) < 4.78 is 0. The van der Waals surface area contributed by atoms with Crippen molar-refractivity contribution in [1.82, 2.24) is 5.32 Å². The van der Waals surface area contributed by atoms with E-state index in [2.05, 4.69) is 23.5 Å². The van der Waals surface area contributed by atoms with Gasteiger partial charge in [-0.3, -0.25) is 4.79 Å². The van der Waals surface area contributed by atoms with E-state index in [1.54, 1.807) is 0 Å². The maximum atomic E-state index is 11.9.